The molecule has 0 aliphatic rings. The molecule has 0 saturated heterocycles. The van der Waals surface area contributed by atoms with Crippen LogP contribution in [0, 0.1) is 5.92 Å². The van der Waals surface area contributed by atoms with Gasteiger partial charge in [-0.15, -0.1) is 0 Å². The Morgan fingerprint density at radius 1 is 1.35 bits per heavy atom. The van der Waals surface area contributed by atoms with Gasteiger partial charge in [-0.3, -0.25) is 4.79 Å². The lowest BCUT2D eigenvalue weighted by Crippen LogP contribution is -2.09. The molecule has 0 aliphatic heterocycles. The van der Waals surface area contributed by atoms with Crippen LogP contribution < -0.4 is 9.64 Å². The van der Waals surface area contributed by atoms with Gasteiger partial charge in [0.15, 0.2) is 0 Å². The molecule has 1 aromatic rings. The van der Waals surface area contributed by atoms with Crippen LogP contribution in [0.2, 0.25) is 0 Å². The summed E-state index contributed by atoms with van der Waals surface area (Å²) in [5.41, 5.74) is 2.22. The molecule has 0 spiro atoms. The molecule has 0 N–H and O–H groups in total. The van der Waals surface area contributed by atoms with Gasteiger partial charge in [0, 0.05) is 19.8 Å². The molecule has 0 radical (unpaired) electrons. The van der Waals surface area contributed by atoms with Crippen molar-refractivity contribution in [1.82, 2.24) is 0 Å². The lowest BCUT2D eigenvalue weighted by molar-refractivity contribution is -0.120. The molecule has 1 aromatic carbocycles. The molecule has 0 unspecified atom stereocenters. The van der Waals surface area contributed by atoms with Crippen LogP contribution in [0.15, 0.2) is 18.2 Å². The monoisotopic (exact) mass is 235 g/mol. The van der Waals surface area contributed by atoms with Crippen molar-refractivity contribution in [3.63, 3.8) is 0 Å². The molecule has 0 heterocycles. The van der Waals surface area contributed by atoms with Crippen molar-refractivity contribution in [3.05, 3.63) is 23.8 Å². The van der Waals surface area contributed by atoms with E-state index in [1.807, 2.05) is 31.1 Å². The lowest BCUT2D eigenvalue weighted by atomic mass is 10.0. The van der Waals surface area contributed by atoms with Gasteiger partial charge in [0.05, 0.1) is 0 Å². The van der Waals surface area contributed by atoms with Crippen LogP contribution in [-0.2, 0) is 11.2 Å². The first-order valence-electron chi connectivity index (χ1n) is 5.95. The summed E-state index contributed by atoms with van der Waals surface area (Å²) in [5.74, 6) is 1.31. The molecule has 0 amide bonds. The predicted molar refractivity (Wildman–Crippen MR) is 70.6 cm³/mol. The highest BCUT2D eigenvalue weighted by atomic mass is 16.5. The standard InChI is InChI=1S/C14H21NO2/c1-11(2)5-6-12-9-13(15(3)4)7-8-14(12)17-10-16/h7-11H,5-6H2,1-4H3. The van der Waals surface area contributed by atoms with Gasteiger partial charge in [0.2, 0.25) is 0 Å². The van der Waals surface area contributed by atoms with Gasteiger partial charge in [-0.2, -0.15) is 0 Å². The van der Waals surface area contributed by atoms with Gasteiger partial charge in [0.25, 0.3) is 6.47 Å². The van der Waals surface area contributed by atoms with E-state index in [-0.39, 0.29) is 0 Å². The molecular weight excluding hydrogens is 214 g/mol. The Morgan fingerprint density at radius 2 is 2.06 bits per heavy atom. The second-order valence-corrected chi connectivity index (χ2v) is 4.83. The van der Waals surface area contributed by atoms with E-state index in [2.05, 4.69) is 19.9 Å². The van der Waals surface area contributed by atoms with E-state index in [1.165, 1.54) is 0 Å². The first kappa shape index (κ1) is 13.6. The average Bonchev–Trinajstić information content (AvgIpc) is 2.27. The number of aryl methyl sites for hydroxylation is 1. The van der Waals surface area contributed by atoms with Crippen LogP contribution in [-0.4, -0.2) is 20.6 Å². The van der Waals surface area contributed by atoms with Crippen molar-refractivity contribution in [2.75, 3.05) is 19.0 Å². The van der Waals surface area contributed by atoms with Gasteiger partial charge >= 0.3 is 0 Å². The number of benzene rings is 1. The van der Waals surface area contributed by atoms with Crippen LogP contribution >= 0.6 is 0 Å². The van der Waals surface area contributed by atoms with Crippen LogP contribution in [0.25, 0.3) is 0 Å². The summed E-state index contributed by atoms with van der Waals surface area (Å²) >= 11 is 0. The van der Waals surface area contributed by atoms with Crippen LogP contribution in [0.4, 0.5) is 5.69 Å². The van der Waals surface area contributed by atoms with E-state index >= 15 is 0 Å². The third-order valence-corrected chi connectivity index (χ3v) is 2.73. The Hall–Kier alpha value is -1.51. The van der Waals surface area contributed by atoms with E-state index in [0.29, 0.717) is 18.1 Å². The summed E-state index contributed by atoms with van der Waals surface area (Å²) in [6.07, 6.45) is 2.02. The average molecular weight is 235 g/mol. The van der Waals surface area contributed by atoms with Gasteiger partial charge < -0.3 is 9.64 Å². The van der Waals surface area contributed by atoms with Crippen LogP contribution in [0.5, 0.6) is 5.75 Å². The molecule has 94 valence electrons. The normalized spacial score (nSPS) is 10.4. The van der Waals surface area contributed by atoms with E-state index < -0.39 is 0 Å². The Morgan fingerprint density at radius 3 is 2.59 bits per heavy atom. The van der Waals surface area contributed by atoms with Gasteiger partial charge in [-0.05, 0) is 42.5 Å². The molecule has 0 bridgehead atoms. The number of carbonyl (C=O) groups excluding carboxylic acids is 1. The summed E-state index contributed by atoms with van der Waals surface area (Å²) in [5, 5.41) is 0. The third kappa shape index (κ3) is 4.10. The van der Waals surface area contributed by atoms with Crippen molar-refractivity contribution < 1.29 is 9.53 Å². The topological polar surface area (TPSA) is 29.5 Å². The zero-order chi connectivity index (χ0) is 12.8. The molecular formula is C14H21NO2. The minimum Gasteiger partial charge on any atom is -0.428 e. The smallest absolute Gasteiger partial charge is 0.298 e. The maximum absolute atomic E-state index is 10.5. The number of ether oxygens (including phenoxy) is 1. The fraction of sp³-hybridized carbons (Fsp3) is 0.500. The number of nitrogens with zero attached hydrogens (tertiary/aromatic N) is 1. The summed E-state index contributed by atoms with van der Waals surface area (Å²) in [6.45, 7) is 4.87. The van der Waals surface area contributed by atoms with E-state index in [9.17, 15) is 4.79 Å². The van der Waals surface area contributed by atoms with Crippen molar-refractivity contribution in [3.8, 4) is 5.75 Å². The Kier molecular flexibility index (Phi) is 5.01. The molecule has 0 aliphatic carbocycles. The largest absolute Gasteiger partial charge is 0.428 e. The SMILES string of the molecule is CC(C)CCc1cc(N(C)C)ccc1OC=O. The minimum atomic E-state index is 0.490. The van der Waals surface area contributed by atoms with Gasteiger partial charge in [-0.1, -0.05) is 13.8 Å². The van der Waals surface area contributed by atoms with Crippen LogP contribution in [0.1, 0.15) is 25.8 Å². The number of anilines is 1. The Balaban J connectivity index is 2.93. The molecule has 0 saturated carbocycles. The zero-order valence-electron chi connectivity index (χ0n) is 11.1. The quantitative estimate of drug-likeness (QED) is 0.710. The number of hydrogen-bond donors (Lipinski definition) is 0. The summed E-state index contributed by atoms with van der Waals surface area (Å²) in [4.78, 5) is 12.5. The molecule has 0 atom stereocenters. The highest BCUT2D eigenvalue weighted by Crippen LogP contribution is 2.26. The molecule has 0 fully saturated rings. The van der Waals surface area contributed by atoms with E-state index in [0.717, 1.165) is 24.1 Å². The molecule has 1 rings (SSSR count). The molecule has 3 heteroatoms. The first-order chi connectivity index (χ1) is 8.04. The number of rotatable bonds is 6. The lowest BCUT2D eigenvalue weighted by Gasteiger charge is -2.16. The second-order valence-electron chi connectivity index (χ2n) is 4.83. The maximum Gasteiger partial charge on any atom is 0.298 e. The van der Waals surface area contributed by atoms with Gasteiger partial charge in [-0.25, -0.2) is 0 Å². The predicted octanol–water partition coefficient (Wildman–Crippen LogP) is 2.88. The first-order valence-corrected chi connectivity index (χ1v) is 5.95. The Bertz CT molecular complexity index is 372. The second kappa shape index (κ2) is 6.28. The maximum atomic E-state index is 10.5. The van der Waals surface area contributed by atoms with Crippen LogP contribution in [0.3, 0.4) is 0 Å². The van der Waals surface area contributed by atoms with E-state index in [4.69, 9.17) is 4.74 Å². The fourth-order valence-corrected chi connectivity index (χ4v) is 1.65. The summed E-state index contributed by atoms with van der Waals surface area (Å²) in [7, 11) is 4.00. The number of hydrogen-bond acceptors (Lipinski definition) is 3. The van der Waals surface area contributed by atoms with Gasteiger partial charge in [0.1, 0.15) is 5.75 Å². The summed E-state index contributed by atoms with van der Waals surface area (Å²) in [6, 6.07) is 5.90. The van der Waals surface area contributed by atoms with Crippen molar-refractivity contribution in [2.45, 2.75) is 26.7 Å². The highest BCUT2D eigenvalue weighted by Gasteiger charge is 2.07. The highest BCUT2D eigenvalue weighted by molar-refractivity contribution is 5.55. The van der Waals surface area contributed by atoms with Crippen molar-refractivity contribution in [1.29, 1.82) is 0 Å². The third-order valence-electron chi connectivity index (χ3n) is 2.73. The van der Waals surface area contributed by atoms with Crippen molar-refractivity contribution in [2.24, 2.45) is 5.92 Å². The Labute approximate surface area is 103 Å². The minimum absolute atomic E-state index is 0.490. The fourth-order valence-electron chi connectivity index (χ4n) is 1.65. The van der Waals surface area contributed by atoms with Crippen molar-refractivity contribution >= 4 is 12.2 Å². The number of carbonyl (C=O) groups is 1. The van der Waals surface area contributed by atoms with E-state index in [1.54, 1.807) is 0 Å². The molecule has 0 aromatic heterocycles. The molecule has 3 nitrogen and oxygen atoms in total. The summed E-state index contributed by atoms with van der Waals surface area (Å²) < 4.78 is 5.00. The zero-order valence-corrected chi connectivity index (χ0v) is 11.1. The molecule has 17 heavy (non-hydrogen) atoms.